The Morgan fingerprint density at radius 3 is 2.27 bits per heavy atom. The molecule has 1 N–H and O–H groups in total. The van der Waals surface area contributed by atoms with E-state index in [1.54, 1.807) is 41.5 Å². The van der Waals surface area contributed by atoms with Crippen molar-refractivity contribution in [3.8, 4) is 0 Å². The maximum Gasteiger partial charge on any atom is 0.419 e. The number of ether oxygens (including phenoxy) is 2. The van der Waals surface area contributed by atoms with E-state index in [9.17, 15) is 9.59 Å². The molecule has 0 bridgehead atoms. The SMILES string of the molecule is CC(C)(C)OC(=O)NCCc1nccn1C(=O)OC(C)(C)C. The lowest BCUT2D eigenvalue weighted by Crippen LogP contribution is -2.34. The lowest BCUT2D eigenvalue weighted by Gasteiger charge is -2.20. The van der Waals surface area contributed by atoms with Crippen molar-refractivity contribution in [1.82, 2.24) is 14.9 Å². The average molecular weight is 311 g/mol. The van der Waals surface area contributed by atoms with Crippen LogP contribution in [-0.2, 0) is 15.9 Å². The number of carbonyl (C=O) groups is 2. The largest absolute Gasteiger partial charge is 0.444 e. The van der Waals surface area contributed by atoms with Gasteiger partial charge in [-0.15, -0.1) is 0 Å². The van der Waals surface area contributed by atoms with Crippen molar-refractivity contribution < 1.29 is 19.1 Å². The van der Waals surface area contributed by atoms with E-state index in [1.807, 2.05) is 0 Å². The summed E-state index contributed by atoms with van der Waals surface area (Å²) in [5, 5.41) is 2.63. The molecule has 1 heterocycles. The zero-order valence-corrected chi connectivity index (χ0v) is 14.1. The van der Waals surface area contributed by atoms with Crippen LogP contribution in [0.25, 0.3) is 0 Å². The van der Waals surface area contributed by atoms with Gasteiger partial charge in [-0.05, 0) is 41.5 Å². The molecular weight excluding hydrogens is 286 g/mol. The molecule has 7 heteroatoms. The first-order valence-corrected chi connectivity index (χ1v) is 7.20. The third kappa shape index (κ3) is 6.60. The maximum absolute atomic E-state index is 12.0. The van der Waals surface area contributed by atoms with Crippen LogP contribution in [0.1, 0.15) is 47.4 Å². The molecular formula is C15H25N3O4. The van der Waals surface area contributed by atoms with Gasteiger partial charge in [0.15, 0.2) is 0 Å². The standard InChI is InChI=1S/C15H25N3O4/c1-14(2,3)21-12(19)17-8-7-11-16-9-10-18(11)13(20)22-15(4,5)6/h9-10H,7-8H2,1-6H3,(H,17,19). The Bertz CT molecular complexity index is 524. The lowest BCUT2D eigenvalue weighted by molar-refractivity contribution is 0.0527. The summed E-state index contributed by atoms with van der Waals surface area (Å²) in [6, 6.07) is 0. The summed E-state index contributed by atoms with van der Waals surface area (Å²) in [5.41, 5.74) is -1.12. The number of nitrogens with zero attached hydrogens (tertiary/aromatic N) is 2. The maximum atomic E-state index is 12.0. The Morgan fingerprint density at radius 1 is 1.14 bits per heavy atom. The van der Waals surface area contributed by atoms with Crippen LogP contribution >= 0.6 is 0 Å². The molecule has 1 rings (SSSR count). The fourth-order valence-electron chi connectivity index (χ4n) is 1.59. The third-order valence-corrected chi connectivity index (χ3v) is 2.32. The average Bonchev–Trinajstić information content (AvgIpc) is 2.72. The quantitative estimate of drug-likeness (QED) is 0.928. The zero-order valence-electron chi connectivity index (χ0n) is 14.1. The van der Waals surface area contributed by atoms with E-state index in [-0.39, 0.29) is 0 Å². The Morgan fingerprint density at radius 2 is 1.73 bits per heavy atom. The van der Waals surface area contributed by atoms with Gasteiger partial charge in [-0.2, -0.15) is 0 Å². The highest BCUT2D eigenvalue weighted by atomic mass is 16.6. The number of hydrogen-bond acceptors (Lipinski definition) is 5. The first-order valence-electron chi connectivity index (χ1n) is 7.20. The molecule has 0 aliphatic rings. The summed E-state index contributed by atoms with van der Waals surface area (Å²) >= 11 is 0. The van der Waals surface area contributed by atoms with Gasteiger partial charge in [-0.1, -0.05) is 0 Å². The Balaban J connectivity index is 2.53. The van der Waals surface area contributed by atoms with Crippen molar-refractivity contribution in [3.63, 3.8) is 0 Å². The fraction of sp³-hybridized carbons (Fsp3) is 0.667. The molecule has 22 heavy (non-hydrogen) atoms. The molecule has 0 atom stereocenters. The van der Waals surface area contributed by atoms with Crippen molar-refractivity contribution in [2.24, 2.45) is 0 Å². The topological polar surface area (TPSA) is 82.5 Å². The highest BCUT2D eigenvalue weighted by Crippen LogP contribution is 2.10. The highest BCUT2D eigenvalue weighted by Gasteiger charge is 2.20. The minimum absolute atomic E-state index is 0.314. The van der Waals surface area contributed by atoms with Gasteiger partial charge in [0.25, 0.3) is 0 Å². The van der Waals surface area contributed by atoms with E-state index in [0.717, 1.165) is 0 Å². The normalized spacial score (nSPS) is 11.9. The van der Waals surface area contributed by atoms with E-state index >= 15 is 0 Å². The van der Waals surface area contributed by atoms with E-state index in [2.05, 4.69) is 10.3 Å². The number of nitrogens with one attached hydrogen (secondary N) is 1. The summed E-state index contributed by atoms with van der Waals surface area (Å²) in [6.07, 6.45) is 2.47. The molecule has 0 aromatic carbocycles. The second kappa shape index (κ2) is 6.81. The number of carbonyl (C=O) groups excluding carboxylic acids is 2. The summed E-state index contributed by atoms with van der Waals surface area (Å²) in [7, 11) is 0. The fourth-order valence-corrected chi connectivity index (χ4v) is 1.59. The van der Waals surface area contributed by atoms with E-state index in [1.165, 1.54) is 17.0 Å². The van der Waals surface area contributed by atoms with Crippen LogP contribution < -0.4 is 5.32 Å². The second-order valence-electron chi connectivity index (χ2n) is 6.87. The van der Waals surface area contributed by atoms with Crippen LogP contribution in [0.2, 0.25) is 0 Å². The van der Waals surface area contributed by atoms with Gasteiger partial charge in [0.05, 0.1) is 0 Å². The Hall–Kier alpha value is -2.05. The molecule has 1 amide bonds. The molecule has 0 unspecified atom stereocenters. The second-order valence-corrected chi connectivity index (χ2v) is 6.87. The number of rotatable bonds is 3. The zero-order chi connectivity index (χ0) is 17.0. The monoisotopic (exact) mass is 311 g/mol. The van der Waals surface area contributed by atoms with E-state index in [0.29, 0.717) is 18.8 Å². The molecule has 124 valence electrons. The number of hydrogen-bond donors (Lipinski definition) is 1. The van der Waals surface area contributed by atoms with Gasteiger partial charge in [-0.3, -0.25) is 0 Å². The number of alkyl carbamates (subject to hydrolysis) is 1. The number of aromatic nitrogens is 2. The summed E-state index contributed by atoms with van der Waals surface area (Å²) in [4.78, 5) is 27.7. The van der Waals surface area contributed by atoms with Gasteiger partial charge in [0.1, 0.15) is 17.0 Å². The molecule has 1 aromatic heterocycles. The van der Waals surface area contributed by atoms with E-state index in [4.69, 9.17) is 9.47 Å². The minimum atomic E-state index is -0.576. The first kappa shape index (κ1) is 18.0. The molecule has 0 saturated heterocycles. The number of imidazole rings is 1. The van der Waals surface area contributed by atoms with Gasteiger partial charge in [0.2, 0.25) is 0 Å². The van der Waals surface area contributed by atoms with Gasteiger partial charge < -0.3 is 14.8 Å². The molecule has 0 saturated carbocycles. The van der Waals surface area contributed by atoms with Crippen molar-refractivity contribution in [3.05, 3.63) is 18.2 Å². The van der Waals surface area contributed by atoms with Crippen LogP contribution in [0, 0.1) is 0 Å². The van der Waals surface area contributed by atoms with Crippen LogP contribution in [0.15, 0.2) is 12.4 Å². The molecule has 7 nitrogen and oxygen atoms in total. The molecule has 1 aromatic rings. The predicted octanol–water partition coefficient (Wildman–Crippen LogP) is 2.73. The van der Waals surface area contributed by atoms with Crippen molar-refractivity contribution in [2.75, 3.05) is 6.54 Å². The number of amides is 1. The Labute approximate surface area is 131 Å². The van der Waals surface area contributed by atoms with Crippen LogP contribution in [0.4, 0.5) is 9.59 Å². The molecule has 0 radical (unpaired) electrons. The highest BCUT2D eigenvalue weighted by molar-refractivity contribution is 5.71. The summed E-state index contributed by atoms with van der Waals surface area (Å²) in [5.74, 6) is 0.519. The van der Waals surface area contributed by atoms with Crippen LogP contribution in [0.3, 0.4) is 0 Å². The molecule has 0 aliphatic carbocycles. The van der Waals surface area contributed by atoms with Gasteiger partial charge in [-0.25, -0.2) is 19.1 Å². The van der Waals surface area contributed by atoms with Crippen molar-refractivity contribution >= 4 is 12.2 Å². The lowest BCUT2D eigenvalue weighted by atomic mass is 10.2. The van der Waals surface area contributed by atoms with Gasteiger partial charge >= 0.3 is 12.2 Å². The van der Waals surface area contributed by atoms with Crippen molar-refractivity contribution in [1.29, 1.82) is 0 Å². The smallest absolute Gasteiger partial charge is 0.419 e. The third-order valence-electron chi connectivity index (χ3n) is 2.32. The summed E-state index contributed by atoms with van der Waals surface area (Å²) < 4.78 is 11.8. The van der Waals surface area contributed by atoms with Crippen LogP contribution in [0.5, 0.6) is 0 Å². The molecule has 0 aliphatic heterocycles. The minimum Gasteiger partial charge on any atom is -0.444 e. The first-order chi connectivity index (χ1) is 9.98. The van der Waals surface area contributed by atoms with E-state index < -0.39 is 23.4 Å². The Kier molecular flexibility index (Phi) is 5.57. The summed E-state index contributed by atoms with van der Waals surface area (Å²) in [6.45, 7) is 11.1. The molecule has 0 fully saturated rings. The van der Waals surface area contributed by atoms with Crippen molar-refractivity contribution in [2.45, 2.75) is 59.2 Å². The van der Waals surface area contributed by atoms with Gasteiger partial charge in [0, 0.05) is 25.4 Å². The molecule has 0 spiro atoms. The van der Waals surface area contributed by atoms with Crippen LogP contribution in [-0.4, -0.2) is 39.5 Å². The predicted molar refractivity (Wildman–Crippen MR) is 81.8 cm³/mol.